The summed E-state index contributed by atoms with van der Waals surface area (Å²) in [5, 5.41) is 6.67. The summed E-state index contributed by atoms with van der Waals surface area (Å²) in [4.78, 5) is 17.3. The zero-order chi connectivity index (χ0) is 20.5. The number of pyridine rings is 1. The molecule has 1 aromatic carbocycles. The number of hydrogen-bond acceptors (Lipinski definition) is 3. The lowest BCUT2D eigenvalue weighted by atomic mass is 10.1. The molecule has 8 heteroatoms. The van der Waals surface area contributed by atoms with Gasteiger partial charge in [0.05, 0.1) is 11.0 Å². The maximum absolute atomic E-state index is 13.0. The van der Waals surface area contributed by atoms with Gasteiger partial charge in [-0.2, -0.15) is 0 Å². The molecule has 0 bridgehead atoms. The molecule has 0 unspecified atom stereocenters. The summed E-state index contributed by atoms with van der Waals surface area (Å²) in [7, 11) is 0. The van der Waals surface area contributed by atoms with E-state index in [0.717, 1.165) is 21.1 Å². The van der Waals surface area contributed by atoms with Crippen molar-refractivity contribution in [3.63, 3.8) is 0 Å². The number of thiocarbonyl (C=S) groups is 1. The van der Waals surface area contributed by atoms with Gasteiger partial charge in [0.15, 0.2) is 5.11 Å². The van der Waals surface area contributed by atoms with Crippen molar-refractivity contribution in [2.24, 2.45) is 0 Å². The van der Waals surface area contributed by atoms with E-state index in [1.807, 2.05) is 39.4 Å². The third-order valence-corrected chi connectivity index (χ3v) is 5.66. The van der Waals surface area contributed by atoms with Crippen molar-refractivity contribution in [3.8, 4) is 0 Å². The molecule has 4 aromatic rings. The van der Waals surface area contributed by atoms with Crippen LogP contribution in [0.4, 0.5) is 5.82 Å². The monoisotopic (exact) mass is 469 g/mol. The highest BCUT2D eigenvalue weighted by Gasteiger charge is 2.12. The van der Waals surface area contributed by atoms with Gasteiger partial charge in [-0.05, 0) is 89.5 Å². The standard InChI is InChI=1S/C21H20BrN5OS/c1-13-10-17-18(11-14(13)2)27(20(28)16-4-3-8-26(16)17)9-7-23-21(29)25-19-6-5-15(22)12-24-19/h3-6,8,10-12H,7,9H2,1-2H3,(H2,23,24,25,29). The number of nitrogens with zero attached hydrogens (tertiary/aromatic N) is 3. The average molecular weight is 470 g/mol. The number of hydrogen-bond donors (Lipinski definition) is 2. The van der Waals surface area contributed by atoms with Crippen molar-refractivity contribution in [1.29, 1.82) is 0 Å². The Kier molecular flexibility index (Phi) is 5.38. The fourth-order valence-corrected chi connectivity index (χ4v) is 3.76. The lowest BCUT2D eigenvalue weighted by Gasteiger charge is -2.16. The summed E-state index contributed by atoms with van der Waals surface area (Å²) in [5.74, 6) is 0.661. The number of aromatic nitrogens is 3. The number of fused-ring (bicyclic) bond motifs is 3. The molecule has 0 atom stereocenters. The predicted octanol–water partition coefficient (Wildman–Crippen LogP) is 4.02. The van der Waals surface area contributed by atoms with Crippen molar-refractivity contribution in [2.75, 3.05) is 11.9 Å². The Labute approximate surface area is 181 Å². The van der Waals surface area contributed by atoms with E-state index in [-0.39, 0.29) is 5.56 Å². The van der Waals surface area contributed by atoms with Crippen molar-refractivity contribution in [3.05, 3.63) is 74.7 Å². The number of rotatable bonds is 4. The molecule has 3 heterocycles. The molecular weight excluding hydrogens is 450 g/mol. The molecule has 3 aromatic heterocycles. The van der Waals surface area contributed by atoms with Gasteiger partial charge in [-0.3, -0.25) is 4.79 Å². The van der Waals surface area contributed by atoms with E-state index in [1.165, 1.54) is 5.56 Å². The second kappa shape index (κ2) is 7.96. The van der Waals surface area contributed by atoms with Gasteiger partial charge in [-0.15, -0.1) is 0 Å². The molecule has 0 aliphatic rings. The summed E-state index contributed by atoms with van der Waals surface area (Å²) < 4.78 is 4.67. The highest BCUT2D eigenvalue weighted by atomic mass is 79.9. The Morgan fingerprint density at radius 1 is 1.14 bits per heavy atom. The topological polar surface area (TPSA) is 63.4 Å². The predicted molar refractivity (Wildman–Crippen MR) is 125 cm³/mol. The summed E-state index contributed by atoms with van der Waals surface area (Å²) in [6, 6.07) is 11.7. The van der Waals surface area contributed by atoms with Crippen LogP contribution < -0.4 is 16.2 Å². The molecule has 4 rings (SSSR count). The number of benzene rings is 1. The molecule has 0 aliphatic carbocycles. The highest BCUT2D eigenvalue weighted by Crippen LogP contribution is 2.20. The van der Waals surface area contributed by atoms with E-state index in [1.54, 1.807) is 6.20 Å². The Bertz CT molecular complexity index is 1280. The minimum absolute atomic E-state index is 0.0130. The Morgan fingerprint density at radius 3 is 2.62 bits per heavy atom. The van der Waals surface area contributed by atoms with Crippen LogP contribution in [0.15, 0.2) is 58.1 Å². The second-order valence-electron chi connectivity index (χ2n) is 6.89. The van der Waals surface area contributed by atoms with Gasteiger partial charge in [0, 0.05) is 30.0 Å². The normalized spacial score (nSPS) is 11.1. The fraction of sp³-hybridized carbons (Fsp3) is 0.190. The number of nitrogens with one attached hydrogen (secondary N) is 2. The Hall–Kier alpha value is -2.71. The lowest BCUT2D eigenvalue weighted by molar-refractivity contribution is 0.675. The van der Waals surface area contributed by atoms with Crippen LogP contribution in [0.2, 0.25) is 0 Å². The molecule has 0 fully saturated rings. The summed E-state index contributed by atoms with van der Waals surface area (Å²) in [6.07, 6.45) is 3.63. The van der Waals surface area contributed by atoms with Crippen LogP contribution in [0.1, 0.15) is 11.1 Å². The molecule has 148 valence electrons. The first-order valence-corrected chi connectivity index (χ1v) is 10.4. The van der Waals surface area contributed by atoms with Gasteiger partial charge >= 0.3 is 0 Å². The van der Waals surface area contributed by atoms with E-state index >= 15 is 0 Å². The van der Waals surface area contributed by atoms with Crippen molar-refractivity contribution >= 4 is 55.6 Å². The van der Waals surface area contributed by atoms with Crippen molar-refractivity contribution in [2.45, 2.75) is 20.4 Å². The first-order chi connectivity index (χ1) is 13.9. The van der Waals surface area contributed by atoms with Gasteiger partial charge in [0.2, 0.25) is 0 Å². The van der Waals surface area contributed by atoms with Gasteiger partial charge < -0.3 is 19.6 Å². The van der Waals surface area contributed by atoms with Gasteiger partial charge in [-0.1, -0.05) is 0 Å². The van der Waals surface area contributed by atoms with Gasteiger partial charge in [0.1, 0.15) is 11.3 Å². The largest absolute Gasteiger partial charge is 0.361 e. The maximum atomic E-state index is 13.0. The third kappa shape index (κ3) is 3.90. The molecule has 0 aliphatic heterocycles. The first-order valence-electron chi connectivity index (χ1n) is 9.21. The van der Waals surface area contributed by atoms with E-state index in [2.05, 4.69) is 57.5 Å². The molecule has 2 N–H and O–H groups in total. The van der Waals surface area contributed by atoms with E-state index in [4.69, 9.17) is 12.2 Å². The molecule has 0 radical (unpaired) electrons. The first kappa shape index (κ1) is 19.6. The zero-order valence-corrected chi connectivity index (χ0v) is 18.5. The minimum atomic E-state index is -0.0130. The molecule has 0 saturated heterocycles. The van der Waals surface area contributed by atoms with Crippen LogP contribution in [0.5, 0.6) is 0 Å². The summed E-state index contributed by atoms with van der Waals surface area (Å²) >= 11 is 8.71. The molecule has 0 spiro atoms. The average Bonchev–Trinajstić information content (AvgIpc) is 3.18. The van der Waals surface area contributed by atoms with Crippen LogP contribution in [-0.4, -0.2) is 25.6 Å². The maximum Gasteiger partial charge on any atom is 0.275 e. The Morgan fingerprint density at radius 2 is 1.90 bits per heavy atom. The van der Waals surface area contributed by atoms with Crippen LogP contribution in [0.25, 0.3) is 16.6 Å². The van der Waals surface area contributed by atoms with E-state index in [0.29, 0.717) is 29.5 Å². The second-order valence-corrected chi connectivity index (χ2v) is 8.21. The van der Waals surface area contributed by atoms with E-state index < -0.39 is 0 Å². The molecule has 0 saturated carbocycles. The quantitative estimate of drug-likeness (QED) is 0.442. The molecule has 0 amide bonds. The Balaban J connectivity index is 1.57. The van der Waals surface area contributed by atoms with Crippen LogP contribution in [0, 0.1) is 13.8 Å². The van der Waals surface area contributed by atoms with Gasteiger partial charge in [0.25, 0.3) is 5.56 Å². The van der Waals surface area contributed by atoms with Crippen LogP contribution in [0.3, 0.4) is 0 Å². The zero-order valence-electron chi connectivity index (χ0n) is 16.1. The number of aryl methyl sites for hydroxylation is 2. The highest BCUT2D eigenvalue weighted by molar-refractivity contribution is 9.10. The molecule has 29 heavy (non-hydrogen) atoms. The molecule has 6 nitrogen and oxygen atoms in total. The van der Waals surface area contributed by atoms with Crippen LogP contribution >= 0.6 is 28.1 Å². The summed E-state index contributed by atoms with van der Waals surface area (Å²) in [6.45, 7) is 5.16. The number of anilines is 1. The van der Waals surface area contributed by atoms with Crippen molar-refractivity contribution < 1.29 is 0 Å². The van der Waals surface area contributed by atoms with E-state index in [9.17, 15) is 4.79 Å². The smallest absolute Gasteiger partial charge is 0.275 e. The fourth-order valence-electron chi connectivity index (χ4n) is 3.32. The van der Waals surface area contributed by atoms with Gasteiger partial charge in [-0.25, -0.2) is 4.98 Å². The SMILES string of the molecule is Cc1cc2c(cc1C)n1cccc1c(=O)n2CCNC(=S)Nc1ccc(Br)cn1. The van der Waals surface area contributed by atoms with Crippen molar-refractivity contribution in [1.82, 2.24) is 19.3 Å². The summed E-state index contributed by atoms with van der Waals surface area (Å²) in [5.41, 5.74) is 4.94. The minimum Gasteiger partial charge on any atom is -0.361 e. The number of halogens is 1. The third-order valence-electron chi connectivity index (χ3n) is 4.94. The molecular formula is C21H20BrN5OS. The van der Waals surface area contributed by atoms with Crippen LogP contribution in [-0.2, 0) is 6.54 Å². The lowest BCUT2D eigenvalue weighted by Crippen LogP contribution is -2.34.